The Hall–Kier alpha value is -5.94. The molecule has 1 fully saturated rings. The summed E-state index contributed by atoms with van der Waals surface area (Å²) in [6, 6.07) is 10.8. The second kappa shape index (κ2) is 17.0. The monoisotopic (exact) mass is 848 g/mol. The Labute approximate surface area is 346 Å². The number of halogens is 5. The van der Waals surface area contributed by atoms with E-state index < -0.39 is 52.0 Å². The van der Waals surface area contributed by atoms with Gasteiger partial charge in [0.1, 0.15) is 24.5 Å². The number of ether oxygens (including phenoxy) is 2. The van der Waals surface area contributed by atoms with E-state index in [0.29, 0.717) is 49.9 Å². The van der Waals surface area contributed by atoms with Crippen molar-refractivity contribution in [2.24, 2.45) is 0 Å². The molecule has 3 aromatic heterocycles. The van der Waals surface area contributed by atoms with E-state index in [4.69, 9.17) is 26.1 Å². The summed E-state index contributed by atoms with van der Waals surface area (Å²) in [6.45, 7) is 8.06. The van der Waals surface area contributed by atoms with Crippen LogP contribution in [0.2, 0.25) is 5.02 Å². The van der Waals surface area contributed by atoms with Crippen LogP contribution < -0.4 is 15.6 Å². The highest BCUT2D eigenvalue weighted by molar-refractivity contribution is 6.34. The normalized spacial score (nSPS) is 16.2. The molecule has 0 radical (unpaired) electrons. The van der Waals surface area contributed by atoms with Gasteiger partial charge in [-0.05, 0) is 81.4 Å². The van der Waals surface area contributed by atoms with Crippen molar-refractivity contribution in [1.29, 1.82) is 0 Å². The van der Waals surface area contributed by atoms with E-state index in [0.717, 1.165) is 27.3 Å². The van der Waals surface area contributed by atoms with Gasteiger partial charge in [0.05, 0.1) is 35.7 Å². The number of anilines is 1. The van der Waals surface area contributed by atoms with Crippen molar-refractivity contribution in [3.05, 3.63) is 121 Å². The van der Waals surface area contributed by atoms with Gasteiger partial charge in [0.15, 0.2) is 23.1 Å². The zero-order chi connectivity index (χ0) is 42.9. The third-order valence-corrected chi connectivity index (χ3v) is 10.8. The van der Waals surface area contributed by atoms with Crippen LogP contribution in [-0.2, 0) is 35.3 Å². The number of carbonyl (C=O) groups excluding carboxylic acids is 2. The molecule has 2 aliphatic heterocycles. The van der Waals surface area contributed by atoms with Gasteiger partial charge in [-0.15, -0.1) is 5.10 Å². The number of aryl methyl sites for hydroxylation is 1. The van der Waals surface area contributed by atoms with Crippen molar-refractivity contribution >= 4 is 46.5 Å². The Morgan fingerprint density at radius 1 is 1.10 bits per heavy atom. The standard InChI is InChI=1S/C42H41ClF4N8O5/c1-5-31-28(18-26-19-41(3,4)54(20-26)39(58)35-36(24(2)48-23-49-35)60-22-25-10-7-6-8-11-25)38(57)55-40(51-37(52-55)27-12-9-16-59-17-15-27)53(31)21-32(56)50-30-14-13-29(42(45,46)47)34(44)33(30)43/h6-8,10-14,18,23H,5,9,15-17,19-22H2,1-4H3,(H,50,56). The molecular formula is C42H41ClF4N8O5. The topological polar surface area (TPSA) is 146 Å². The molecule has 60 heavy (non-hydrogen) atoms. The first kappa shape index (κ1) is 42.2. The predicted molar refractivity (Wildman–Crippen MR) is 215 cm³/mol. The number of hydrogen-bond acceptors (Lipinski definition) is 9. The molecule has 18 heteroatoms. The Morgan fingerprint density at radius 2 is 1.87 bits per heavy atom. The molecule has 314 valence electrons. The molecule has 13 nitrogen and oxygen atoms in total. The average molecular weight is 849 g/mol. The van der Waals surface area contributed by atoms with E-state index >= 15 is 0 Å². The largest absolute Gasteiger partial charge is 0.485 e. The van der Waals surface area contributed by atoms with Gasteiger partial charge in [0.25, 0.3) is 11.5 Å². The summed E-state index contributed by atoms with van der Waals surface area (Å²) in [4.78, 5) is 57.4. The molecule has 0 unspecified atom stereocenters. The van der Waals surface area contributed by atoms with Crippen molar-refractivity contribution in [2.75, 3.05) is 25.1 Å². The lowest BCUT2D eigenvalue weighted by molar-refractivity contribution is -0.140. The summed E-state index contributed by atoms with van der Waals surface area (Å²) in [5.74, 6) is -2.35. The fraction of sp³-hybridized carbons (Fsp3) is 0.357. The van der Waals surface area contributed by atoms with Crippen LogP contribution >= 0.6 is 11.6 Å². The first-order chi connectivity index (χ1) is 28.6. The molecule has 0 aliphatic carbocycles. The maximum Gasteiger partial charge on any atom is 0.419 e. The highest BCUT2D eigenvalue weighted by Crippen LogP contribution is 2.38. The van der Waals surface area contributed by atoms with Crippen LogP contribution in [0.3, 0.4) is 0 Å². The summed E-state index contributed by atoms with van der Waals surface area (Å²) in [5, 5.41) is 6.08. The average Bonchev–Trinajstić information content (AvgIpc) is 3.66. The molecule has 1 N–H and O–H groups in total. The van der Waals surface area contributed by atoms with Gasteiger partial charge >= 0.3 is 6.18 Å². The molecule has 5 aromatic rings. The lowest BCUT2D eigenvalue weighted by Gasteiger charge is -2.31. The highest BCUT2D eigenvalue weighted by atomic mass is 35.5. The van der Waals surface area contributed by atoms with Crippen LogP contribution in [0.5, 0.6) is 5.75 Å². The van der Waals surface area contributed by atoms with Crippen molar-refractivity contribution < 1.29 is 36.6 Å². The SMILES string of the molecule is CCc1c(C=C2CN(C(=O)c3ncnc(C)c3OCc3ccccc3)C(C)(C)C2)c(=O)n2nc(C3=CCCOCC3)nc2n1CC(=O)Nc1ccc(C(F)(F)F)c(F)c1Cl. The number of aromatic nitrogens is 6. The van der Waals surface area contributed by atoms with Gasteiger partial charge in [-0.1, -0.05) is 54.9 Å². The molecule has 2 aliphatic rings. The maximum atomic E-state index is 14.7. The number of rotatable bonds is 10. The first-order valence-corrected chi connectivity index (χ1v) is 19.6. The number of nitrogens with zero attached hydrogens (tertiary/aromatic N) is 7. The van der Waals surface area contributed by atoms with Crippen molar-refractivity contribution in [3.63, 3.8) is 0 Å². The lowest BCUT2D eigenvalue weighted by Crippen LogP contribution is -2.43. The van der Waals surface area contributed by atoms with E-state index in [1.54, 1.807) is 24.8 Å². The third-order valence-electron chi connectivity index (χ3n) is 10.4. The molecule has 2 aromatic carbocycles. The molecule has 5 heterocycles. The Balaban J connectivity index is 1.26. The molecule has 0 bridgehead atoms. The van der Waals surface area contributed by atoms with Gasteiger partial charge in [-0.3, -0.25) is 14.4 Å². The van der Waals surface area contributed by atoms with Crippen molar-refractivity contribution in [2.45, 2.75) is 78.2 Å². The molecule has 1 saturated heterocycles. The Morgan fingerprint density at radius 3 is 2.60 bits per heavy atom. The fourth-order valence-electron chi connectivity index (χ4n) is 7.47. The number of hydrogen-bond donors (Lipinski definition) is 1. The predicted octanol–water partition coefficient (Wildman–Crippen LogP) is 7.48. The summed E-state index contributed by atoms with van der Waals surface area (Å²) in [7, 11) is 0. The summed E-state index contributed by atoms with van der Waals surface area (Å²) in [5.41, 5.74) is 0.332. The third kappa shape index (κ3) is 8.54. The summed E-state index contributed by atoms with van der Waals surface area (Å²) < 4.78 is 69.0. The Bertz CT molecular complexity index is 2610. The van der Waals surface area contributed by atoms with Gasteiger partial charge in [0, 0.05) is 17.8 Å². The fourth-order valence-corrected chi connectivity index (χ4v) is 7.68. The minimum absolute atomic E-state index is 0.0330. The molecule has 7 rings (SSSR count). The lowest BCUT2D eigenvalue weighted by atomic mass is 9.98. The number of amides is 2. The number of fused-ring (bicyclic) bond motifs is 1. The molecule has 2 amide bonds. The van der Waals surface area contributed by atoms with Crippen LogP contribution in [0.1, 0.15) is 84.4 Å². The van der Waals surface area contributed by atoms with Crippen LogP contribution in [0.4, 0.5) is 23.2 Å². The van der Waals surface area contributed by atoms with E-state index in [2.05, 4.69) is 20.4 Å². The maximum absolute atomic E-state index is 14.7. The van der Waals surface area contributed by atoms with E-state index in [1.807, 2.05) is 50.3 Å². The number of alkyl halides is 3. The van der Waals surface area contributed by atoms with Crippen molar-refractivity contribution in [3.8, 4) is 5.75 Å². The number of nitrogens with one attached hydrogen (secondary N) is 1. The smallest absolute Gasteiger partial charge is 0.419 e. The Kier molecular flexibility index (Phi) is 11.9. The van der Waals surface area contributed by atoms with Crippen LogP contribution in [-0.4, -0.2) is 71.1 Å². The van der Waals surface area contributed by atoms with E-state index in [-0.39, 0.29) is 53.9 Å². The van der Waals surface area contributed by atoms with Gasteiger partial charge in [-0.2, -0.15) is 22.7 Å². The zero-order valence-electron chi connectivity index (χ0n) is 33.2. The zero-order valence-corrected chi connectivity index (χ0v) is 34.0. The highest BCUT2D eigenvalue weighted by Gasteiger charge is 2.41. The van der Waals surface area contributed by atoms with E-state index in [1.165, 1.54) is 10.9 Å². The summed E-state index contributed by atoms with van der Waals surface area (Å²) in [6.07, 6.45) is 1.60. The van der Waals surface area contributed by atoms with E-state index in [9.17, 15) is 31.9 Å². The molecular weight excluding hydrogens is 808 g/mol. The second-order valence-corrected chi connectivity index (χ2v) is 15.4. The molecule has 0 spiro atoms. The minimum Gasteiger partial charge on any atom is -0.485 e. The number of benzene rings is 2. The van der Waals surface area contributed by atoms with Gasteiger partial charge in [-0.25, -0.2) is 14.4 Å². The summed E-state index contributed by atoms with van der Waals surface area (Å²) >= 11 is 5.97. The van der Waals surface area contributed by atoms with Crippen LogP contribution in [0.25, 0.3) is 17.4 Å². The van der Waals surface area contributed by atoms with Crippen molar-refractivity contribution in [1.82, 2.24) is 34.0 Å². The first-order valence-electron chi connectivity index (χ1n) is 19.2. The quantitative estimate of drug-likeness (QED) is 0.141. The van der Waals surface area contributed by atoms with Gasteiger partial charge < -0.3 is 24.3 Å². The van der Waals surface area contributed by atoms with Crippen LogP contribution in [0.15, 0.2) is 65.2 Å². The molecule has 0 atom stereocenters. The second-order valence-electron chi connectivity index (χ2n) is 15.1. The number of likely N-dealkylation sites (tertiary alicyclic amines) is 1. The van der Waals surface area contributed by atoms with Gasteiger partial charge in [0.2, 0.25) is 11.7 Å². The minimum atomic E-state index is -5.00. The van der Waals surface area contributed by atoms with Crippen LogP contribution in [0, 0.1) is 12.7 Å². The molecule has 0 saturated carbocycles. The number of carbonyl (C=O) groups is 2.